The summed E-state index contributed by atoms with van der Waals surface area (Å²) in [7, 11) is -3.98. The van der Waals surface area contributed by atoms with E-state index in [1.165, 1.54) is 0 Å². The zero-order valence-electron chi connectivity index (χ0n) is 10.1. The fraction of sp³-hybridized carbons (Fsp3) is 0.400. The maximum atomic E-state index is 12.4. The molecular formula is C10H11Cl2N3O4S. The van der Waals surface area contributed by atoms with E-state index in [9.17, 15) is 18.5 Å². The Labute approximate surface area is 125 Å². The Morgan fingerprint density at radius 2 is 2.05 bits per heavy atom. The van der Waals surface area contributed by atoms with Gasteiger partial charge in [0.2, 0.25) is 10.0 Å². The Hall–Kier alpha value is -0.930. The van der Waals surface area contributed by atoms with Crippen LogP contribution in [0.2, 0.25) is 10.0 Å². The third-order valence-electron chi connectivity index (χ3n) is 3.05. The number of nitrogens with zero attached hydrogens (tertiary/aromatic N) is 2. The van der Waals surface area contributed by atoms with Crippen molar-refractivity contribution in [2.75, 3.05) is 6.54 Å². The van der Waals surface area contributed by atoms with Gasteiger partial charge in [0.05, 0.1) is 11.1 Å². The van der Waals surface area contributed by atoms with Crippen LogP contribution < -0.4 is 5.73 Å². The third-order valence-corrected chi connectivity index (χ3v) is 5.82. The molecule has 0 spiro atoms. The van der Waals surface area contributed by atoms with Gasteiger partial charge >= 0.3 is 5.69 Å². The van der Waals surface area contributed by atoms with Crippen LogP contribution in [0.15, 0.2) is 17.0 Å². The number of sulfonamides is 1. The normalized spacial score (nSPS) is 20.2. The van der Waals surface area contributed by atoms with E-state index < -0.39 is 31.8 Å². The highest BCUT2D eigenvalue weighted by atomic mass is 35.5. The fourth-order valence-electron chi connectivity index (χ4n) is 2.08. The van der Waals surface area contributed by atoms with Crippen molar-refractivity contribution in [3.8, 4) is 0 Å². The largest absolute Gasteiger partial charge is 0.315 e. The summed E-state index contributed by atoms with van der Waals surface area (Å²) in [6, 6.07) is 2.29. The van der Waals surface area contributed by atoms with Crippen LogP contribution >= 0.6 is 23.2 Å². The van der Waals surface area contributed by atoms with Crippen LogP contribution in [-0.4, -0.2) is 30.4 Å². The lowest BCUT2D eigenvalue weighted by Gasteiger charge is -2.21. The number of hydrogen-bond donors (Lipinski definition) is 1. The Morgan fingerprint density at radius 1 is 1.40 bits per heavy atom. The molecule has 110 valence electrons. The van der Waals surface area contributed by atoms with Gasteiger partial charge < -0.3 is 5.73 Å². The third kappa shape index (κ3) is 2.49. The molecule has 2 N–H and O–H groups in total. The summed E-state index contributed by atoms with van der Waals surface area (Å²) in [5, 5.41) is 10.2. The van der Waals surface area contributed by atoms with Gasteiger partial charge in [-0.25, -0.2) is 8.42 Å². The Balaban J connectivity index is 2.58. The first-order valence-electron chi connectivity index (χ1n) is 5.66. The lowest BCUT2D eigenvalue weighted by atomic mass is 10.3. The molecule has 1 aromatic carbocycles. The average Bonchev–Trinajstić information content (AvgIpc) is 2.75. The van der Waals surface area contributed by atoms with E-state index in [-0.39, 0.29) is 16.5 Å². The molecule has 1 saturated heterocycles. The maximum Gasteiger partial charge on any atom is 0.307 e. The van der Waals surface area contributed by atoms with Gasteiger partial charge in [0.1, 0.15) is 14.9 Å². The highest BCUT2D eigenvalue weighted by Crippen LogP contribution is 2.39. The first-order valence-corrected chi connectivity index (χ1v) is 7.86. The number of hydrogen-bond acceptors (Lipinski definition) is 5. The lowest BCUT2D eigenvalue weighted by molar-refractivity contribution is -0.384. The van der Waals surface area contributed by atoms with Gasteiger partial charge in [0.25, 0.3) is 0 Å². The number of nitrogens with two attached hydrogens (primary N) is 1. The van der Waals surface area contributed by atoms with Crippen molar-refractivity contribution in [3.05, 3.63) is 32.3 Å². The molecule has 1 aliphatic rings. The summed E-state index contributed by atoms with van der Waals surface area (Å²) < 4.78 is 26.0. The number of rotatable bonds is 3. The first kappa shape index (κ1) is 15.5. The summed E-state index contributed by atoms with van der Waals surface area (Å²) in [6.45, 7) is 0.260. The molecule has 10 heteroatoms. The summed E-state index contributed by atoms with van der Waals surface area (Å²) in [5.41, 5.74) is 5.10. The molecule has 20 heavy (non-hydrogen) atoms. The van der Waals surface area contributed by atoms with E-state index in [0.29, 0.717) is 12.8 Å². The molecule has 0 bridgehead atoms. The second-order valence-corrected chi connectivity index (χ2v) is 6.93. The second-order valence-electron chi connectivity index (χ2n) is 4.29. The SMILES string of the molecule is NC1CCCN1S(=O)(=O)c1ccc(Cl)c([N+](=O)[O-])c1Cl. The zero-order chi connectivity index (χ0) is 15.1. The van der Waals surface area contributed by atoms with E-state index in [1.54, 1.807) is 0 Å². The Kier molecular flexibility index (Phi) is 4.22. The van der Waals surface area contributed by atoms with E-state index in [2.05, 4.69) is 0 Å². The topological polar surface area (TPSA) is 107 Å². The van der Waals surface area contributed by atoms with Crippen LogP contribution in [0.25, 0.3) is 0 Å². The molecule has 1 atom stereocenters. The van der Waals surface area contributed by atoms with Crippen molar-refractivity contribution in [1.29, 1.82) is 0 Å². The molecule has 7 nitrogen and oxygen atoms in total. The first-order chi connectivity index (χ1) is 9.26. The summed E-state index contributed by atoms with van der Waals surface area (Å²) in [6.07, 6.45) is 0.519. The van der Waals surface area contributed by atoms with Gasteiger partial charge in [0.15, 0.2) is 0 Å². The molecule has 0 amide bonds. The molecule has 0 aromatic heterocycles. The van der Waals surface area contributed by atoms with Gasteiger partial charge in [0, 0.05) is 6.54 Å². The number of nitro benzene ring substituents is 1. The van der Waals surface area contributed by atoms with Crippen molar-refractivity contribution in [2.45, 2.75) is 23.9 Å². The smallest absolute Gasteiger partial charge is 0.307 e. The van der Waals surface area contributed by atoms with E-state index in [4.69, 9.17) is 28.9 Å². The predicted octanol–water partition coefficient (Wildman–Crippen LogP) is 1.97. The van der Waals surface area contributed by atoms with Crippen LogP contribution in [0.5, 0.6) is 0 Å². The number of nitro groups is 1. The Morgan fingerprint density at radius 3 is 2.55 bits per heavy atom. The van der Waals surface area contributed by atoms with Crippen molar-refractivity contribution in [1.82, 2.24) is 4.31 Å². The van der Waals surface area contributed by atoms with Gasteiger partial charge in [-0.3, -0.25) is 10.1 Å². The summed E-state index contributed by atoms with van der Waals surface area (Å²) in [5.74, 6) is 0. The van der Waals surface area contributed by atoms with Gasteiger partial charge in [-0.1, -0.05) is 23.2 Å². The monoisotopic (exact) mass is 339 g/mol. The number of benzene rings is 1. The minimum absolute atomic E-state index is 0.218. The lowest BCUT2D eigenvalue weighted by Crippen LogP contribution is -2.41. The summed E-state index contributed by atoms with van der Waals surface area (Å²) in [4.78, 5) is 9.74. The highest BCUT2D eigenvalue weighted by molar-refractivity contribution is 7.89. The Bertz CT molecular complexity index is 665. The van der Waals surface area contributed by atoms with E-state index >= 15 is 0 Å². The van der Waals surface area contributed by atoms with Crippen molar-refractivity contribution >= 4 is 38.9 Å². The van der Waals surface area contributed by atoms with Crippen LogP contribution in [0.4, 0.5) is 5.69 Å². The van der Waals surface area contributed by atoms with Crippen molar-refractivity contribution < 1.29 is 13.3 Å². The molecule has 0 aliphatic carbocycles. The minimum atomic E-state index is -3.98. The van der Waals surface area contributed by atoms with Crippen molar-refractivity contribution in [2.24, 2.45) is 5.73 Å². The molecule has 1 aliphatic heterocycles. The standard InChI is InChI=1S/C10H11Cl2N3O4S/c11-6-3-4-7(9(12)10(6)15(16)17)20(18,19)14-5-1-2-8(14)13/h3-4,8H,1-2,5,13H2. The molecular weight excluding hydrogens is 329 g/mol. The highest BCUT2D eigenvalue weighted by Gasteiger charge is 2.36. The molecule has 2 rings (SSSR count). The predicted molar refractivity (Wildman–Crippen MR) is 74.2 cm³/mol. The van der Waals surface area contributed by atoms with Gasteiger partial charge in [-0.15, -0.1) is 0 Å². The molecule has 1 heterocycles. The van der Waals surface area contributed by atoms with Crippen LogP contribution in [0, 0.1) is 10.1 Å². The van der Waals surface area contributed by atoms with Crippen LogP contribution in [0.3, 0.4) is 0 Å². The molecule has 0 radical (unpaired) electrons. The van der Waals surface area contributed by atoms with E-state index in [1.807, 2.05) is 0 Å². The molecule has 1 unspecified atom stereocenters. The minimum Gasteiger partial charge on any atom is -0.315 e. The van der Waals surface area contributed by atoms with Gasteiger partial charge in [-0.05, 0) is 25.0 Å². The molecule has 1 fully saturated rings. The molecule has 0 saturated carbocycles. The number of halogens is 2. The maximum absolute atomic E-state index is 12.4. The zero-order valence-corrected chi connectivity index (χ0v) is 12.5. The van der Waals surface area contributed by atoms with E-state index in [0.717, 1.165) is 16.4 Å². The van der Waals surface area contributed by atoms with Crippen molar-refractivity contribution in [3.63, 3.8) is 0 Å². The second kappa shape index (κ2) is 5.45. The van der Waals surface area contributed by atoms with Crippen LogP contribution in [-0.2, 0) is 10.0 Å². The molecule has 1 aromatic rings. The fourth-order valence-corrected chi connectivity index (χ4v) is 4.53. The quantitative estimate of drug-likeness (QED) is 0.669. The van der Waals surface area contributed by atoms with Gasteiger partial charge in [-0.2, -0.15) is 4.31 Å². The average molecular weight is 340 g/mol. The van der Waals surface area contributed by atoms with Crippen LogP contribution in [0.1, 0.15) is 12.8 Å². The summed E-state index contributed by atoms with van der Waals surface area (Å²) >= 11 is 11.5.